The van der Waals surface area contributed by atoms with Crippen molar-refractivity contribution < 1.29 is 13.2 Å². The van der Waals surface area contributed by atoms with Crippen LogP contribution in [0.15, 0.2) is 11.2 Å². The van der Waals surface area contributed by atoms with Crippen LogP contribution in [0.25, 0.3) is 0 Å². The molecule has 1 fully saturated rings. The highest BCUT2D eigenvalue weighted by atomic mass is 19.4. The molecule has 1 aromatic heterocycles. The van der Waals surface area contributed by atoms with E-state index >= 15 is 0 Å². The molecule has 1 saturated heterocycles. The molecule has 2 rings (SSSR count). The molecule has 0 aliphatic carbocycles. The van der Waals surface area contributed by atoms with Crippen molar-refractivity contribution in [1.82, 2.24) is 15.3 Å². The summed E-state index contributed by atoms with van der Waals surface area (Å²) >= 11 is 0. The van der Waals surface area contributed by atoms with Gasteiger partial charge in [-0.25, -0.2) is 9.98 Å². The van der Waals surface area contributed by atoms with Crippen molar-refractivity contribution in [3.63, 3.8) is 0 Å². The summed E-state index contributed by atoms with van der Waals surface area (Å²) in [4.78, 5) is 11.4. The lowest BCUT2D eigenvalue weighted by Crippen LogP contribution is -2.11. The molecular weight excluding hydrogens is 259 g/mol. The Kier molecular flexibility index (Phi) is 3.98. The second-order valence-electron chi connectivity index (χ2n) is 4.21. The molecule has 19 heavy (non-hydrogen) atoms. The number of halogens is 3. The predicted molar refractivity (Wildman–Crippen MR) is 65.7 cm³/mol. The summed E-state index contributed by atoms with van der Waals surface area (Å²) in [5, 5.41) is 5.58. The van der Waals surface area contributed by atoms with Crippen LogP contribution in [0.1, 0.15) is 12.0 Å². The summed E-state index contributed by atoms with van der Waals surface area (Å²) in [5.41, 5.74) is -0.892. The van der Waals surface area contributed by atoms with Crippen LogP contribution in [0.3, 0.4) is 0 Å². The number of hydrogen-bond donors (Lipinski definition) is 2. The normalized spacial score (nSPS) is 20.1. The van der Waals surface area contributed by atoms with E-state index in [0.29, 0.717) is 0 Å². The molecule has 0 radical (unpaired) electrons. The van der Waals surface area contributed by atoms with Crippen molar-refractivity contribution in [2.24, 2.45) is 10.9 Å². The number of rotatable bonds is 3. The zero-order valence-electron chi connectivity index (χ0n) is 10.3. The minimum Gasteiger partial charge on any atom is -0.372 e. The highest BCUT2D eigenvalue weighted by Gasteiger charge is 2.34. The van der Waals surface area contributed by atoms with Gasteiger partial charge in [0.25, 0.3) is 5.95 Å². The summed E-state index contributed by atoms with van der Waals surface area (Å²) in [6.45, 7) is 1.75. The molecular formula is C11H14F3N5. The van der Waals surface area contributed by atoms with Gasteiger partial charge in [0.2, 0.25) is 0 Å². The smallest absolute Gasteiger partial charge is 0.372 e. The van der Waals surface area contributed by atoms with Crippen molar-refractivity contribution in [1.29, 1.82) is 0 Å². The number of aromatic nitrogens is 2. The third-order valence-electron chi connectivity index (χ3n) is 2.82. The van der Waals surface area contributed by atoms with E-state index in [-0.39, 0.29) is 17.7 Å². The first-order valence-electron chi connectivity index (χ1n) is 5.87. The van der Waals surface area contributed by atoms with E-state index in [4.69, 9.17) is 0 Å². The Morgan fingerprint density at radius 1 is 1.53 bits per heavy atom. The topological polar surface area (TPSA) is 62.2 Å². The molecule has 0 bridgehead atoms. The molecule has 1 aliphatic heterocycles. The minimum absolute atomic E-state index is 0.0317. The lowest BCUT2D eigenvalue weighted by molar-refractivity contribution is -0.137. The van der Waals surface area contributed by atoms with Crippen LogP contribution in [-0.2, 0) is 6.18 Å². The predicted octanol–water partition coefficient (Wildman–Crippen LogP) is 1.85. The second-order valence-corrected chi connectivity index (χ2v) is 4.21. The zero-order chi connectivity index (χ0) is 13.9. The van der Waals surface area contributed by atoms with Crippen molar-refractivity contribution in [3.05, 3.63) is 11.8 Å². The Hall–Kier alpha value is -1.70. The standard InChI is InChI=1S/C11H14F3N5/c1-15-9-8(11(12,13)14)6-18-10(19-9)17-5-7-2-3-16-4-7/h5-7,16H,2-4H2,1H3,(H,15,18,19). The van der Waals surface area contributed by atoms with Gasteiger partial charge in [0, 0.05) is 31.9 Å². The number of hydrogen-bond acceptors (Lipinski definition) is 5. The first-order chi connectivity index (χ1) is 9.00. The van der Waals surface area contributed by atoms with E-state index in [1.54, 1.807) is 6.21 Å². The monoisotopic (exact) mass is 273 g/mol. The highest BCUT2D eigenvalue weighted by Crippen LogP contribution is 2.33. The van der Waals surface area contributed by atoms with E-state index in [1.807, 2.05) is 0 Å². The third kappa shape index (κ3) is 3.40. The van der Waals surface area contributed by atoms with Gasteiger partial charge in [0.05, 0.1) is 0 Å². The van der Waals surface area contributed by atoms with Crippen molar-refractivity contribution in [2.75, 3.05) is 25.5 Å². The van der Waals surface area contributed by atoms with Gasteiger partial charge in [0.15, 0.2) is 0 Å². The van der Waals surface area contributed by atoms with E-state index in [9.17, 15) is 13.2 Å². The summed E-state index contributed by atoms with van der Waals surface area (Å²) in [6, 6.07) is 0. The van der Waals surface area contributed by atoms with Gasteiger partial charge in [-0.1, -0.05) is 0 Å². The second kappa shape index (κ2) is 5.52. The van der Waals surface area contributed by atoms with E-state index in [0.717, 1.165) is 25.7 Å². The molecule has 104 valence electrons. The number of nitrogens with zero attached hydrogens (tertiary/aromatic N) is 3. The molecule has 1 aliphatic rings. The van der Waals surface area contributed by atoms with Crippen molar-refractivity contribution in [2.45, 2.75) is 12.6 Å². The van der Waals surface area contributed by atoms with Gasteiger partial charge in [-0.05, 0) is 13.0 Å². The molecule has 0 aromatic carbocycles. The van der Waals surface area contributed by atoms with Gasteiger partial charge in [-0.2, -0.15) is 18.2 Å². The van der Waals surface area contributed by atoms with E-state index < -0.39 is 11.7 Å². The summed E-state index contributed by atoms with van der Waals surface area (Å²) < 4.78 is 37.9. The molecule has 1 unspecified atom stereocenters. The van der Waals surface area contributed by atoms with Crippen LogP contribution >= 0.6 is 0 Å². The Morgan fingerprint density at radius 3 is 2.89 bits per heavy atom. The average molecular weight is 273 g/mol. The Morgan fingerprint density at radius 2 is 2.32 bits per heavy atom. The van der Waals surface area contributed by atoms with Crippen molar-refractivity contribution >= 4 is 18.0 Å². The average Bonchev–Trinajstić information content (AvgIpc) is 2.88. The number of aliphatic imine (C=N–C) groups is 1. The molecule has 0 spiro atoms. The fourth-order valence-electron chi connectivity index (χ4n) is 1.81. The molecule has 0 saturated carbocycles. The van der Waals surface area contributed by atoms with Gasteiger partial charge in [-0.3, -0.25) is 0 Å². The van der Waals surface area contributed by atoms with Crippen LogP contribution in [-0.4, -0.2) is 36.3 Å². The molecule has 5 nitrogen and oxygen atoms in total. The summed E-state index contributed by atoms with van der Waals surface area (Å²) in [5.74, 6) is 0.0485. The zero-order valence-corrected chi connectivity index (χ0v) is 10.3. The Bertz CT molecular complexity index is 466. The molecule has 2 N–H and O–H groups in total. The van der Waals surface area contributed by atoms with Gasteiger partial charge >= 0.3 is 6.18 Å². The van der Waals surface area contributed by atoms with Crippen LogP contribution < -0.4 is 10.6 Å². The lowest BCUT2D eigenvalue weighted by Gasteiger charge is -2.10. The molecule has 1 aromatic rings. The maximum Gasteiger partial charge on any atom is 0.421 e. The van der Waals surface area contributed by atoms with Gasteiger partial charge in [-0.15, -0.1) is 0 Å². The summed E-state index contributed by atoms with van der Waals surface area (Å²) in [6.07, 6.45) is -1.08. The lowest BCUT2D eigenvalue weighted by atomic mass is 10.1. The van der Waals surface area contributed by atoms with Crippen molar-refractivity contribution in [3.8, 4) is 0 Å². The number of anilines is 1. The SMILES string of the molecule is CNc1nc(N=CC2CCNC2)ncc1C(F)(F)F. The number of nitrogens with one attached hydrogen (secondary N) is 2. The minimum atomic E-state index is -4.48. The quantitative estimate of drug-likeness (QED) is 0.825. The maximum absolute atomic E-state index is 12.6. The molecule has 0 amide bonds. The van der Waals surface area contributed by atoms with Gasteiger partial charge in [0.1, 0.15) is 11.4 Å². The first kappa shape index (κ1) is 13.7. The fourth-order valence-corrected chi connectivity index (χ4v) is 1.81. The largest absolute Gasteiger partial charge is 0.421 e. The molecule has 8 heteroatoms. The highest BCUT2D eigenvalue weighted by molar-refractivity contribution is 5.65. The van der Waals surface area contributed by atoms with Crippen LogP contribution in [0.2, 0.25) is 0 Å². The van der Waals surface area contributed by atoms with E-state index in [1.165, 1.54) is 7.05 Å². The Labute approximate surface area is 108 Å². The van der Waals surface area contributed by atoms with Gasteiger partial charge < -0.3 is 10.6 Å². The van der Waals surface area contributed by atoms with E-state index in [2.05, 4.69) is 25.6 Å². The summed E-state index contributed by atoms with van der Waals surface area (Å²) in [7, 11) is 1.38. The number of alkyl halides is 3. The fraction of sp³-hybridized carbons (Fsp3) is 0.545. The molecule has 2 heterocycles. The van der Waals surface area contributed by atoms with Crippen LogP contribution in [0, 0.1) is 5.92 Å². The Balaban J connectivity index is 2.19. The third-order valence-corrected chi connectivity index (χ3v) is 2.82. The van der Waals surface area contributed by atoms with Crippen LogP contribution in [0.4, 0.5) is 24.9 Å². The molecule has 1 atom stereocenters. The van der Waals surface area contributed by atoms with Crippen LogP contribution in [0.5, 0.6) is 0 Å². The maximum atomic E-state index is 12.6. The first-order valence-corrected chi connectivity index (χ1v) is 5.87.